The lowest BCUT2D eigenvalue weighted by molar-refractivity contribution is -0.350. The zero-order valence-corrected chi connectivity index (χ0v) is 17.5. The number of halogens is 7. The minimum absolute atomic E-state index is 0.138. The monoisotopic (exact) mass is 518 g/mol. The van der Waals surface area contributed by atoms with Crippen molar-refractivity contribution in [3.05, 3.63) is 12.7 Å². The fourth-order valence-electron chi connectivity index (χ4n) is 2.55. The molecular formula is C16H19F7NO8S-. The van der Waals surface area contributed by atoms with E-state index in [0.717, 1.165) is 0 Å². The third kappa shape index (κ3) is 6.54. The molecular weight excluding hydrogens is 499 g/mol. The average molecular weight is 518 g/mol. The molecule has 0 spiro atoms. The second-order valence-electron chi connectivity index (χ2n) is 6.63. The van der Waals surface area contributed by atoms with Crippen LogP contribution in [0.2, 0.25) is 0 Å². The number of alkyl halides is 7. The molecule has 0 N–H and O–H groups in total. The standard InChI is InChI=1S/C16H20F7NO8S/c1-2-11(25)32-14(15(19,20)21,12(26)24-6-9-30-10-7-24)31-8-4-3-5-13(17,18)16(22,23)33(27,28)29/h2H,1,3-10H2,(H,27,28,29)/p-1. The second kappa shape index (κ2) is 10.5. The van der Waals surface area contributed by atoms with E-state index in [1.54, 1.807) is 0 Å². The molecule has 1 rings (SSSR count). The van der Waals surface area contributed by atoms with Gasteiger partial charge in [-0.25, -0.2) is 13.2 Å². The van der Waals surface area contributed by atoms with Gasteiger partial charge in [-0.1, -0.05) is 6.58 Å². The molecule has 0 aromatic rings. The third-order valence-corrected chi connectivity index (χ3v) is 5.22. The van der Waals surface area contributed by atoms with Crippen molar-refractivity contribution in [3.63, 3.8) is 0 Å². The van der Waals surface area contributed by atoms with Crippen LogP contribution in [0, 0.1) is 0 Å². The molecule has 1 aliphatic heterocycles. The number of carbonyl (C=O) groups excluding carboxylic acids is 2. The summed E-state index contributed by atoms with van der Waals surface area (Å²) in [7, 11) is -6.73. The molecule has 33 heavy (non-hydrogen) atoms. The molecule has 0 radical (unpaired) electrons. The van der Waals surface area contributed by atoms with Crippen molar-refractivity contribution < 1.29 is 67.5 Å². The van der Waals surface area contributed by atoms with Gasteiger partial charge in [0.1, 0.15) is 0 Å². The Kier molecular flexibility index (Phi) is 9.26. The van der Waals surface area contributed by atoms with E-state index in [-0.39, 0.29) is 26.3 Å². The molecule has 0 saturated carbocycles. The highest BCUT2D eigenvalue weighted by molar-refractivity contribution is 7.86. The first kappa shape index (κ1) is 29.1. The number of esters is 1. The summed E-state index contributed by atoms with van der Waals surface area (Å²) in [5.74, 6) is -13.1. The van der Waals surface area contributed by atoms with Gasteiger partial charge in [-0.2, -0.15) is 30.7 Å². The Morgan fingerprint density at radius 2 is 1.61 bits per heavy atom. The molecule has 0 aliphatic carbocycles. The van der Waals surface area contributed by atoms with Crippen LogP contribution in [0.15, 0.2) is 12.7 Å². The minimum atomic E-state index is -6.73. The number of unbranched alkanes of at least 4 members (excludes halogenated alkanes) is 1. The van der Waals surface area contributed by atoms with Gasteiger partial charge in [0.2, 0.25) is 0 Å². The highest BCUT2D eigenvalue weighted by Gasteiger charge is 2.67. The summed E-state index contributed by atoms with van der Waals surface area (Å²) >= 11 is 0. The van der Waals surface area contributed by atoms with Crippen LogP contribution >= 0.6 is 0 Å². The van der Waals surface area contributed by atoms with Gasteiger partial charge in [0, 0.05) is 25.6 Å². The molecule has 1 fully saturated rings. The molecule has 1 saturated heterocycles. The number of rotatable bonds is 11. The van der Waals surface area contributed by atoms with Gasteiger partial charge >= 0.3 is 35.0 Å². The highest BCUT2D eigenvalue weighted by atomic mass is 32.2. The lowest BCUT2D eigenvalue weighted by atomic mass is 10.1. The predicted octanol–water partition coefficient (Wildman–Crippen LogP) is 1.79. The van der Waals surface area contributed by atoms with Crippen molar-refractivity contribution in [1.82, 2.24) is 4.90 Å². The van der Waals surface area contributed by atoms with E-state index >= 15 is 0 Å². The Hall–Kier alpha value is -1.98. The van der Waals surface area contributed by atoms with Crippen molar-refractivity contribution in [3.8, 4) is 0 Å². The summed E-state index contributed by atoms with van der Waals surface area (Å²) in [6.07, 6.45) is -9.15. The van der Waals surface area contributed by atoms with Gasteiger partial charge in [-0.05, 0) is 12.8 Å². The van der Waals surface area contributed by atoms with Crippen LogP contribution < -0.4 is 0 Å². The maximum Gasteiger partial charge on any atom is 0.466 e. The second-order valence-corrected chi connectivity index (χ2v) is 8.05. The number of amides is 1. The Morgan fingerprint density at radius 1 is 1.06 bits per heavy atom. The van der Waals surface area contributed by atoms with Gasteiger partial charge in [-0.15, -0.1) is 0 Å². The molecule has 0 aromatic heterocycles. The largest absolute Gasteiger partial charge is 0.743 e. The molecule has 192 valence electrons. The van der Waals surface area contributed by atoms with Crippen molar-refractivity contribution >= 4 is 22.0 Å². The van der Waals surface area contributed by atoms with Crippen molar-refractivity contribution in [2.75, 3.05) is 32.9 Å². The SMILES string of the molecule is C=CC(=O)OC(OCCCCC(F)(F)C(F)(F)S(=O)(=O)[O-])(C(=O)N1CCOCC1)C(F)(F)F. The maximum atomic E-state index is 13.8. The molecule has 1 aliphatic rings. The molecule has 0 aromatic carbocycles. The van der Waals surface area contributed by atoms with Gasteiger partial charge in [0.15, 0.2) is 10.1 Å². The number of ether oxygens (including phenoxy) is 3. The Labute approximate surface area is 183 Å². The van der Waals surface area contributed by atoms with E-state index in [1.165, 1.54) is 0 Å². The number of hydrogen-bond donors (Lipinski definition) is 0. The summed E-state index contributed by atoms with van der Waals surface area (Å²) in [6, 6.07) is 0. The first-order valence-corrected chi connectivity index (χ1v) is 10.5. The number of carbonyl (C=O) groups is 2. The summed E-state index contributed by atoms with van der Waals surface area (Å²) in [4.78, 5) is 24.7. The Balaban J connectivity index is 2.99. The molecule has 1 atom stereocenters. The average Bonchev–Trinajstić information content (AvgIpc) is 2.70. The quantitative estimate of drug-likeness (QED) is 0.101. The van der Waals surface area contributed by atoms with Crippen LogP contribution in [0.5, 0.6) is 0 Å². The summed E-state index contributed by atoms with van der Waals surface area (Å²) in [5.41, 5.74) is 0. The molecule has 0 bridgehead atoms. The smallest absolute Gasteiger partial charge is 0.466 e. The van der Waals surface area contributed by atoms with E-state index in [2.05, 4.69) is 16.1 Å². The first-order valence-electron chi connectivity index (χ1n) is 9.07. The normalized spacial score (nSPS) is 17.9. The zero-order chi connectivity index (χ0) is 25.7. The van der Waals surface area contributed by atoms with E-state index in [4.69, 9.17) is 4.74 Å². The molecule has 17 heteroatoms. The molecule has 9 nitrogen and oxygen atoms in total. The van der Waals surface area contributed by atoms with Crippen LogP contribution in [0.1, 0.15) is 19.3 Å². The van der Waals surface area contributed by atoms with E-state index < -0.39 is 71.0 Å². The van der Waals surface area contributed by atoms with Gasteiger partial charge < -0.3 is 23.7 Å². The molecule has 1 unspecified atom stereocenters. The fraction of sp³-hybridized carbons (Fsp3) is 0.750. The lowest BCUT2D eigenvalue weighted by Crippen LogP contribution is -2.63. The predicted molar refractivity (Wildman–Crippen MR) is 91.9 cm³/mol. The van der Waals surface area contributed by atoms with Crippen LogP contribution in [0.4, 0.5) is 30.7 Å². The van der Waals surface area contributed by atoms with Crippen LogP contribution in [-0.2, 0) is 33.9 Å². The Bertz CT molecular complexity index is 827. The maximum absolute atomic E-state index is 13.8. The van der Waals surface area contributed by atoms with Crippen molar-refractivity contribution in [2.45, 2.75) is 42.4 Å². The summed E-state index contributed by atoms with van der Waals surface area (Å²) in [5, 5.41) is -5.96. The van der Waals surface area contributed by atoms with Gasteiger partial charge in [0.05, 0.1) is 19.8 Å². The summed E-state index contributed by atoms with van der Waals surface area (Å²) in [6.45, 7) is 0.783. The van der Waals surface area contributed by atoms with Gasteiger partial charge in [-0.3, -0.25) is 4.79 Å². The van der Waals surface area contributed by atoms with E-state index in [9.17, 15) is 53.3 Å². The fourth-order valence-corrected chi connectivity index (χ4v) is 3.01. The third-order valence-electron chi connectivity index (χ3n) is 4.29. The molecule has 1 amide bonds. The van der Waals surface area contributed by atoms with Crippen LogP contribution in [0.3, 0.4) is 0 Å². The number of hydrogen-bond acceptors (Lipinski definition) is 8. The van der Waals surface area contributed by atoms with Gasteiger partial charge in [0.25, 0.3) is 0 Å². The minimum Gasteiger partial charge on any atom is -0.743 e. The topological polar surface area (TPSA) is 122 Å². The molecule has 1 heterocycles. The number of morpholine rings is 1. The lowest BCUT2D eigenvalue weighted by Gasteiger charge is -2.38. The number of nitrogens with zero attached hydrogens (tertiary/aromatic N) is 1. The van der Waals surface area contributed by atoms with E-state index in [0.29, 0.717) is 11.0 Å². The first-order chi connectivity index (χ1) is 14.9. The van der Waals surface area contributed by atoms with Crippen molar-refractivity contribution in [1.29, 1.82) is 0 Å². The Morgan fingerprint density at radius 3 is 2.06 bits per heavy atom. The summed E-state index contributed by atoms with van der Waals surface area (Å²) < 4.78 is 139. The van der Waals surface area contributed by atoms with Crippen LogP contribution in [-0.4, -0.2) is 85.8 Å². The van der Waals surface area contributed by atoms with Crippen molar-refractivity contribution in [2.24, 2.45) is 0 Å². The van der Waals surface area contributed by atoms with Crippen LogP contribution in [0.25, 0.3) is 0 Å². The van der Waals surface area contributed by atoms with E-state index in [1.807, 2.05) is 0 Å². The zero-order valence-electron chi connectivity index (χ0n) is 16.7. The highest BCUT2D eigenvalue weighted by Crippen LogP contribution is 2.42.